The van der Waals surface area contributed by atoms with Gasteiger partial charge in [-0.15, -0.1) is 0 Å². The number of hydrogen-bond donors (Lipinski definition) is 0. The molecular formula is C25H29F2NO5. The molecule has 0 bridgehead atoms. The molecule has 0 N–H and O–H groups in total. The molecule has 3 atom stereocenters. The van der Waals surface area contributed by atoms with Gasteiger partial charge < -0.3 is 18.9 Å². The van der Waals surface area contributed by atoms with Gasteiger partial charge in [0.2, 0.25) is 0 Å². The van der Waals surface area contributed by atoms with Gasteiger partial charge >= 0.3 is 5.97 Å². The van der Waals surface area contributed by atoms with Crippen molar-refractivity contribution in [3.05, 3.63) is 72.1 Å². The molecule has 3 rings (SSSR count). The number of ether oxygens (including phenoxy) is 4. The Bertz CT molecular complexity index is 951. The lowest BCUT2D eigenvalue weighted by atomic mass is 9.92. The number of nitrogens with zero attached hydrogens (tertiary/aromatic N) is 1. The summed E-state index contributed by atoms with van der Waals surface area (Å²) in [5, 5.41) is 0. The number of rotatable bonds is 9. The van der Waals surface area contributed by atoms with Gasteiger partial charge in [-0.1, -0.05) is 18.2 Å². The Balaban J connectivity index is 1.69. The van der Waals surface area contributed by atoms with Crippen molar-refractivity contribution in [3.8, 4) is 5.75 Å². The zero-order chi connectivity index (χ0) is 23.8. The normalized spacial score (nSPS) is 21.2. The molecule has 1 saturated heterocycles. The predicted molar refractivity (Wildman–Crippen MR) is 117 cm³/mol. The average molecular weight is 462 g/mol. The second-order valence-electron chi connectivity index (χ2n) is 8.37. The third-order valence-electron chi connectivity index (χ3n) is 5.36. The quantitative estimate of drug-likeness (QED) is 0.380. The molecule has 2 aromatic rings. The number of benzene rings is 1. The predicted octanol–water partition coefficient (Wildman–Crippen LogP) is 5.15. The van der Waals surface area contributed by atoms with E-state index in [0.29, 0.717) is 25.9 Å². The van der Waals surface area contributed by atoms with Gasteiger partial charge in [0.1, 0.15) is 5.75 Å². The van der Waals surface area contributed by atoms with Gasteiger partial charge in [0, 0.05) is 30.8 Å². The average Bonchev–Trinajstić information content (AvgIpc) is 2.81. The van der Waals surface area contributed by atoms with Crippen LogP contribution in [-0.2, 0) is 19.0 Å². The number of carbonyl (C=O) groups is 1. The smallest absolute Gasteiger partial charge is 0.305 e. The summed E-state index contributed by atoms with van der Waals surface area (Å²) in [6.45, 7) is 3.94. The lowest BCUT2D eigenvalue weighted by Crippen LogP contribution is -2.50. The third kappa shape index (κ3) is 6.82. The number of allylic oxidation sites excluding steroid dienone is 2. The minimum atomic E-state index is -0.985. The molecule has 1 aromatic carbocycles. The fraction of sp³-hybridized carbons (Fsp3) is 0.440. The highest BCUT2D eigenvalue weighted by Gasteiger charge is 2.42. The van der Waals surface area contributed by atoms with Crippen LogP contribution in [0.4, 0.5) is 8.78 Å². The van der Waals surface area contributed by atoms with Gasteiger partial charge in [0.05, 0.1) is 19.8 Å². The summed E-state index contributed by atoms with van der Waals surface area (Å²) < 4.78 is 49.8. The molecular weight excluding hydrogens is 432 g/mol. The number of halogens is 2. The standard InChI is InChI=1S/C25H29F2NO5/c1-25(2,33-19-11-12-20(26)21(27)14-19)24-31-16-18(8-5-4-6-10-22(29)30-3)23(32-24)17-9-7-13-28-15-17/h4-5,7,9,11-15,18,23-24H,6,8,10,16H2,1-3H3/b5-4-. The molecule has 0 spiro atoms. The van der Waals surface area contributed by atoms with Crippen LogP contribution in [0.3, 0.4) is 0 Å². The third-order valence-corrected chi connectivity index (χ3v) is 5.36. The minimum absolute atomic E-state index is 0.0129. The lowest BCUT2D eigenvalue weighted by Gasteiger charge is -2.42. The van der Waals surface area contributed by atoms with Gasteiger partial charge in [0.25, 0.3) is 0 Å². The molecule has 0 amide bonds. The Hall–Kier alpha value is -2.84. The highest BCUT2D eigenvalue weighted by atomic mass is 19.2. The van der Waals surface area contributed by atoms with E-state index in [1.165, 1.54) is 13.2 Å². The Morgan fingerprint density at radius 2 is 2.06 bits per heavy atom. The number of carbonyl (C=O) groups excluding carboxylic acids is 1. The number of esters is 1. The van der Waals surface area contributed by atoms with Crippen molar-refractivity contribution in [2.75, 3.05) is 13.7 Å². The summed E-state index contributed by atoms with van der Waals surface area (Å²) >= 11 is 0. The topological polar surface area (TPSA) is 66.9 Å². The van der Waals surface area contributed by atoms with Crippen molar-refractivity contribution in [2.24, 2.45) is 5.92 Å². The molecule has 0 saturated carbocycles. The molecule has 1 aliphatic rings. The first-order valence-electron chi connectivity index (χ1n) is 10.8. The van der Waals surface area contributed by atoms with Crippen LogP contribution < -0.4 is 4.74 Å². The van der Waals surface area contributed by atoms with Crippen LogP contribution in [0.2, 0.25) is 0 Å². The zero-order valence-corrected chi connectivity index (χ0v) is 19.0. The zero-order valence-electron chi connectivity index (χ0n) is 19.0. The first-order chi connectivity index (χ1) is 15.8. The number of hydrogen-bond acceptors (Lipinski definition) is 6. The minimum Gasteiger partial charge on any atom is -0.482 e. The van der Waals surface area contributed by atoms with E-state index in [2.05, 4.69) is 9.72 Å². The van der Waals surface area contributed by atoms with Crippen LogP contribution in [0, 0.1) is 17.6 Å². The van der Waals surface area contributed by atoms with Crippen molar-refractivity contribution in [3.63, 3.8) is 0 Å². The fourth-order valence-corrected chi connectivity index (χ4v) is 3.62. The van der Waals surface area contributed by atoms with Crippen LogP contribution in [0.1, 0.15) is 44.8 Å². The maximum absolute atomic E-state index is 13.6. The van der Waals surface area contributed by atoms with E-state index in [1.54, 1.807) is 26.2 Å². The number of aromatic nitrogens is 1. The van der Waals surface area contributed by atoms with Gasteiger partial charge in [-0.25, -0.2) is 8.78 Å². The van der Waals surface area contributed by atoms with Crippen LogP contribution in [0.15, 0.2) is 54.9 Å². The summed E-state index contributed by atoms with van der Waals surface area (Å²) in [5.74, 6) is -1.98. The van der Waals surface area contributed by atoms with Crippen LogP contribution in [0.5, 0.6) is 5.75 Å². The van der Waals surface area contributed by atoms with Gasteiger partial charge in [-0.05, 0) is 50.5 Å². The Kier molecular flexibility index (Phi) is 8.52. The molecule has 1 aromatic heterocycles. The molecule has 3 unspecified atom stereocenters. The van der Waals surface area contributed by atoms with Crippen LogP contribution in [0.25, 0.3) is 0 Å². The molecule has 1 aliphatic heterocycles. The summed E-state index contributed by atoms with van der Waals surface area (Å²) in [4.78, 5) is 15.5. The van der Waals surface area contributed by atoms with E-state index in [-0.39, 0.29) is 23.7 Å². The van der Waals surface area contributed by atoms with Gasteiger partial charge in [-0.2, -0.15) is 0 Å². The maximum Gasteiger partial charge on any atom is 0.305 e. The summed E-state index contributed by atoms with van der Waals surface area (Å²) in [7, 11) is 1.37. The second kappa shape index (κ2) is 11.3. The van der Waals surface area contributed by atoms with E-state index >= 15 is 0 Å². The molecule has 1 fully saturated rings. The summed E-state index contributed by atoms with van der Waals surface area (Å²) in [6, 6.07) is 7.17. The van der Waals surface area contributed by atoms with Crippen molar-refractivity contribution >= 4 is 5.97 Å². The fourth-order valence-electron chi connectivity index (χ4n) is 3.62. The summed E-state index contributed by atoms with van der Waals surface area (Å²) in [5.41, 5.74) is -0.0751. The molecule has 0 radical (unpaired) electrons. The first-order valence-corrected chi connectivity index (χ1v) is 10.8. The Morgan fingerprint density at radius 3 is 2.76 bits per heavy atom. The lowest BCUT2D eigenvalue weighted by molar-refractivity contribution is -0.288. The van der Waals surface area contributed by atoms with E-state index in [0.717, 1.165) is 17.7 Å². The maximum atomic E-state index is 13.6. The summed E-state index contributed by atoms with van der Waals surface area (Å²) in [6.07, 6.45) is 7.93. The van der Waals surface area contributed by atoms with Crippen molar-refractivity contribution in [1.29, 1.82) is 0 Å². The van der Waals surface area contributed by atoms with E-state index in [9.17, 15) is 13.6 Å². The second-order valence-corrected chi connectivity index (χ2v) is 8.37. The first kappa shape index (κ1) is 24.8. The Morgan fingerprint density at radius 1 is 1.24 bits per heavy atom. The highest BCUT2D eigenvalue weighted by molar-refractivity contribution is 5.69. The van der Waals surface area contributed by atoms with Crippen molar-refractivity contribution in [1.82, 2.24) is 4.98 Å². The highest BCUT2D eigenvalue weighted by Crippen LogP contribution is 2.38. The SMILES string of the molecule is COC(=O)CC/C=C\CC1COC(C(C)(C)Oc2ccc(F)c(F)c2)OC1c1cccnc1. The molecule has 2 heterocycles. The number of methoxy groups -OCH3 is 1. The van der Waals surface area contributed by atoms with E-state index < -0.39 is 23.5 Å². The van der Waals surface area contributed by atoms with Crippen LogP contribution in [-0.4, -0.2) is 36.6 Å². The largest absolute Gasteiger partial charge is 0.482 e. The molecule has 8 heteroatoms. The van der Waals surface area contributed by atoms with Gasteiger partial charge in [-0.3, -0.25) is 9.78 Å². The Labute approximate surface area is 192 Å². The monoisotopic (exact) mass is 461 g/mol. The molecule has 6 nitrogen and oxygen atoms in total. The molecule has 178 valence electrons. The van der Waals surface area contributed by atoms with Crippen LogP contribution >= 0.6 is 0 Å². The molecule has 0 aliphatic carbocycles. The molecule has 33 heavy (non-hydrogen) atoms. The van der Waals surface area contributed by atoms with Crippen molar-refractivity contribution < 1.29 is 32.5 Å². The van der Waals surface area contributed by atoms with Crippen molar-refractivity contribution in [2.45, 2.75) is 51.1 Å². The van der Waals surface area contributed by atoms with E-state index in [1.807, 2.05) is 24.3 Å². The number of pyridine rings is 1. The van der Waals surface area contributed by atoms with Gasteiger partial charge in [0.15, 0.2) is 23.5 Å². The van der Waals surface area contributed by atoms with E-state index in [4.69, 9.17) is 14.2 Å².